The van der Waals surface area contributed by atoms with Gasteiger partial charge in [0, 0.05) is 0 Å². The number of carbonyl (C=O) groups excluding carboxylic acids is 1. The molecule has 0 bridgehead atoms. The third-order valence-electron chi connectivity index (χ3n) is 1.87. The summed E-state index contributed by atoms with van der Waals surface area (Å²) in [5.74, 6) is -0.369. The minimum Gasteiger partial charge on any atom is -0.507 e. The fraction of sp³-hybridized carbons (Fsp3) is 0. The zero-order chi connectivity index (χ0) is 10.8. The highest BCUT2D eigenvalue weighted by molar-refractivity contribution is 5.83. The van der Waals surface area contributed by atoms with Crippen LogP contribution >= 0.6 is 0 Å². The first-order chi connectivity index (χ1) is 7.22. The van der Waals surface area contributed by atoms with E-state index in [1.165, 1.54) is 18.2 Å². The SMILES string of the molecule is O=COc1cc(=O)c2c(O)cccc2o1. The highest BCUT2D eigenvalue weighted by Gasteiger charge is 2.08. The summed E-state index contributed by atoms with van der Waals surface area (Å²) >= 11 is 0. The maximum Gasteiger partial charge on any atom is 0.300 e. The Morgan fingerprint density at radius 1 is 1.40 bits per heavy atom. The molecule has 0 atom stereocenters. The van der Waals surface area contributed by atoms with Gasteiger partial charge in [0.2, 0.25) is 0 Å². The zero-order valence-corrected chi connectivity index (χ0v) is 7.47. The molecule has 5 nitrogen and oxygen atoms in total. The zero-order valence-electron chi connectivity index (χ0n) is 7.47. The average Bonchev–Trinajstić information content (AvgIpc) is 2.17. The van der Waals surface area contributed by atoms with Crippen LogP contribution in [-0.4, -0.2) is 11.6 Å². The summed E-state index contributed by atoms with van der Waals surface area (Å²) in [5, 5.41) is 9.47. The summed E-state index contributed by atoms with van der Waals surface area (Å²) in [6.07, 6.45) is 0. The van der Waals surface area contributed by atoms with Crippen LogP contribution in [0.4, 0.5) is 0 Å². The molecule has 0 fully saturated rings. The van der Waals surface area contributed by atoms with Gasteiger partial charge in [0.05, 0.1) is 6.07 Å². The van der Waals surface area contributed by atoms with Gasteiger partial charge in [-0.1, -0.05) is 6.07 Å². The highest BCUT2D eigenvalue weighted by atomic mass is 16.6. The van der Waals surface area contributed by atoms with Gasteiger partial charge in [-0.05, 0) is 12.1 Å². The molecule has 0 unspecified atom stereocenters. The fourth-order valence-corrected chi connectivity index (χ4v) is 1.27. The van der Waals surface area contributed by atoms with Crippen LogP contribution in [0.2, 0.25) is 0 Å². The summed E-state index contributed by atoms with van der Waals surface area (Å²) in [6.45, 7) is 0.160. The van der Waals surface area contributed by atoms with Crippen molar-refractivity contribution in [3.05, 3.63) is 34.5 Å². The minimum atomic E-state index is -0.466. The lowest BCUT2D eigenvalue weighted by molar-refractivity contribution is -0.121. The standard InChI is InChI=1S/C10H6O5/c11-5-14-9-4-7(13)10-6(12)2-1-3-8(10)15-9/h1-5,12H. The van der Waals surface area contributed by atoms with Crippen LogP contribution in [0, 0.1) is 0 Å². The number of hydrogen-bond acceptors (Lipinski definition) is 5. The molecule has 0 saturated carbocycles. The van der Waals surface area contributed by atoms with Crippen molar-refractivity contribution < 1.29 is 19.1 Å². The monoisotopic (exact) mass is 206 g/mol. The third-order valence-corrected chi connectivity index (χ3v) is 1.87. The van der Waals surface area contributed by atoms with Crippen LogP contribution in [0.5, 0.6) is 11.7 Å². The van der Waals surface area contributed by atoms with Crippen LogP contribution < -0.4 is 10.2 Å². The summed E-state index contributed by atoms with van der Waals surface area (Å²) in [6, 6.07) is 5.38. The smallest absolute Gasteiger partial charge is 0.300 e. The van der Waals surface area contributed by atoms with E-state index < -0.39 is 5.43 Å². The molecule has 1 aromatic heterocycles. The lowest BCUT2D eigenvalue weighted by Crippen LogP contribution is -2.01. The molecule has 5 heteroatoms. The normalized spacial score (nSPS) is 10.1. The number of hydrogen-bond donors (Lipinski definition) is 1. The van der Waals surface area contributed by atoms with E-state index in [-0.39, 0.29) is 29.1 Å². The molecule has 1 aromatic carbocycles. The van der Waals surface area contributed by atoms with Gasteiger partial charge in [0.15, 0.2) is 5.43 Å². The number of carbonyl (C=O) groups is 1. The molecule has 76 valence electrons. The Morgan fingerprint density at radius 3 is 2.93 bits per heavy atom. The summed E-state index contributed by atoms with van der Waals surface area (Å²) in [5.41, 5.74) is -0.300. The van der Waals surface area contributed by atoms with E-state index in [0.717, 1.165) is 6.07 Å². The van der Waals surface area contributed by atoms with Crippen LogP contribution in [-0.2, 0) is 4.79 Å². The Bertz CT molecular complexity index is 570. The van der Waals surface area contributed by atoms with Crippen LogP contribution in [0.3, 0.4) is 0 Å². The van der Waals surface area contributed by atoms with Gasteiger partial charge in [0.25, 0.3) is 5.95 Å². The van der Waals surface area contributed by atoms with Crippen molar-refractivity contribution in [3.8, 4) is 11.7 Å². The number of phenols is 1. The van der Waals surface area contributed by atoms with Gasteiger partial charge in [-0.25, -0.2) is 0 Å². The largest absolute Gasteiger partial charge is 0.507 e. The van der Waals surface area contributed by atoms with Crippen molar-refractivity contribution in [1.29, 1.82) is 0 Å². The molecule has 2 rings (SSSR count). The number of phenolic OH excluding ortho intramolecular Hbond substituents is 1. The lowest BCUT2D eigenvalue weighted by Gasteiger charge is -2.00. The summed E-state index contributed by atoms with van der Waals surface area (Å²) < 4.78 is 9.46. The van der Waals surface area contributed by atoms with Gasteiger partial charge in [-0.2, -0.15) is 0 Å². The molecule has 15 heavy (non-hydrogen) atoms. The molecule has 0 aliphatic rings. The van der Waals surface area contributed by atoms with E-state index in [0.29, 0.717) is 0 Å². The van der Waals surface area contributed by atoms with Gasteiger partial charge in [0.1, 0.15) is 16.7 Å². The van der Waals surface area contributed by atoms with Crippen molar-refractivity contribution in [1.82, 2.24) is 0 Å². The van der Waals surface area contributed by atoms with Crippen molar-refractivity contribution in [2.45, 2.75) is 0 Å². The third kappa shape index (κ3) is 1.54. The molecule has 1 heterocycles. The topological polar surface area (TPSA) is 76.7 Å². The molecule has 0 radical (unpaired) electrons. The Kier molecular flexibility index (Phi) is 2.13. The van der Waals surface area contributed by atoms with E-state index in [2.05, 4.69) is 4.74 Å². The summed E-state index contributed by atoms with van der Waals surface area (Å²) in [4.78, 5) is 21.5. The second-order valence-electron chi connectivity index (χ2n) is 2.79. The number of rotatable bonds is 2. The van der Waals surface area contributed by atoms with Gasteiger partial charge in [-0.15, -0.1) is 0 Å². The number of fused-ring (bicyclic) bond motifs is 1. The Labute approximate surface area is 83.5 Å². The van der Waals surface area contributed by atoms with Crippen LogP contribution in [0.1, 0.15) is 0 Å². The van der Waals surface area contributed by atoms with Crippen molar-refractivity contribution in [2.24, 2.45) is 0 Å². The molecule has 0 aliphatic heterocycles. The van der Waals surface area contributed by atoms with Crippen LogP contribution in [0.15, 0.2) is 33.5 Å². The Hall–Kier alpha value is -2.30. The van der Waals surface area contributed by atoms with E-state index in [9.17, 15) is 14.7 Å². The first-order valence-electron chi connectivity index (χ1n) is 4.08. The first-order valence-corrected chi connectivity index (χ1v) is 4.08. The van der Waals surface area contributed by atoms with E-state index >= 15 is 0 Å². The number of benzene rings is 1. The molecule has 0 amide bonds. The minimum absolute atomic E-state index is 0.0655. The van der Waals surface area contributed by atoms with Crippen molar-refractivity contribution in [2.75, 3.05) is 0 Å². The van der Waals surface area contributed by atoms with Crippen molar-refractivity contribution in [3.63, 3.8) is 0 Å². The average molecular weight is 206 g/mol. The molecule has 0 aliphatic carbocycles. The van der Waals surface area contributed by atoms with E-state index in [1.807, 2.05) is 0 Å². The quantitative estimate of drug-likeness (QED) is 0.742. The predicted octanol–water partition coefficient (Wildman–Crippen LogP) is 1.03. The fourth-order valence-electron chi connectivity index (χ4n) is 1.27. The van der Waals surface area contributed by atoms with E-state index in [1.54, 1.807) is 0 Å². The van der Waals surface area contributed by atoms with E-state index in [4.69, 9.17) is 4.42 Å². The number of aromatic hydroxyl groups is 1. The molecule has 2 aromatic rings. The molecule has 1 N–H and O–H groups in total. The van der Waals surface area contributed by atoms with Gasteiger partial charge in [-0.3, -0.25) is 9.59 Å². The lowest BCUT2D eigenvalue weighted by atomic mass is 10.2. The van der Waals surface area contributed by atoms with Gasteiger partial charge < -0.3 is 14.3 Å². The number of ether oxygens (including phenoxy) is 1. The van der Waals surface area contributed by atoms with Gasteiger partial charge >= 0.3 is 6.47 Å². The molecule has 0 spiro atoms. The molecular weight excluding hydrogens is 200 g/mol. The Balaban J connectivity index is 2.78. The van der Waals surface area contributed by atoms with Crippen LogP contribution in [0.25, 0.3) is 11.0 Å². The second kappa shape index (κ2) is 3.45. The molecular formula is C10H6O5. The maximum absolute atomic E-state index is 11.5. The highest BCUT2D eigenvalue weighted by Crippen LogP contribution is 2.23. The Morgan fingerprint density at radius 2 is 2.20 bits per heavy atom. The first kappa shape index (κ1) is 9.26. The van der Waals surface area contributed by atoms with Crippen molar-refractivity contribution >= 4 is 17.4 Å². The maximum atomic E-state index is 11.5. The summed E-state index contributed by atoms with van der Waals surface area (Å²) in [7, 11) is 0. The molecule has 0 saturated heterocycles. The predicted molar refractivity (Wildman–Crippen MR) is 50.8 cm³/mol. The second-order valence-corrected chi connectivity index (χ2v) is 2.79.